The Labute approximate surface area is 221 Å². The van der Waals surface area contributed by atoms with Gasteiger partial charge in [0, 0.05) is 24.0 Å². The molecule has 36 heavy (non-hydrogen) atoms. The highest BCUT2D eigenvalue weighted by Gasteiger charge is 2.14. The van der Waals surface area contributed by atoms with E-state index < -0.39 is 0 Å². The molecule has 0 unspecified atom stereocenters. The molecular formula is C25H21Cl2N5O3S. The number of halogens is 2. The number of nitrogens with one attached hydrogen (secondary N) is 3. The van der Waals surface area contributed by atoms with Crippen LogP contribution in [0.2, 0.25) is 10.0 Å². The maximum atomic E-state index is 12.3. The van der Waals surface area contributed by atoms with Crippen LogP contribution in [0.15, 0.2) is 76.4 Å². The second-order valence-corrected chi connectivity index (χ2v) is 9.35. The number of amides is 2. The molecule has 0 atom stereocenters. The van der Waals surface area contributed by atoms with Gasteiger partial charge in [-0.05, 0) is 48.0 Å². The molecule has 0 saturated carbocycles. The molecule has 1 aromatic heterocycles. The number of hydrogen-bond acceptors (Lipinski definition) is 7. The van der Waals surface area contributed by atoms with E-state index in [0.717, 1.165) is 23.0 Å². The van der Waals surface area contributed by atoms with Gasteiger partial charge in [0.05, 0.1) is 27.9 Å². The van der Waals surface area contributed by atoms with E-state index in [0.29, 0.717) is 44.6 Å². The Bertz CT molecular complexity index is 1360. The van der Waals surface area contributed by atoms with Crippen molar-refractivity contribution in [3.8, 4) is 0 Å². The van der Waals surface area contributed by atoms with Crippen molar-refractivity contribution in [3.05, 3.63) is 88.2 Å². The summed E-state index contributed by atoms with van der Waals surface area (Å²) in [6.07, 6.45) is 0.381. The lowest BCUT2D eigenvalue weighted by Gasteiger charge is -2.13. The van der Waals surface area contributed by atoms with Gasteiger partial charge in [0.2, 0.25) is 17.7 Å². The summed E-state index contributed by atoms with van der Waals surface area (Å²) < 4.78 is 5.73. The number of nitrogens with zero attached hydrogens (tertiary/aromatic N) is 2. The molecule has 2 amide bonds. The maximum Gasteiger partial charge on any atom is 0.277 e. The molecule has 184 valence electrons. The zero-order chi connectivity index (χ0) is 25.5. The van der Waals surface area contributed by atoms with Crippen LogP contribution < -0.4 is 16.0 Å². The van der Waals surface area contributed by atoms with Gasteiger partial charge in [-0.2, -0.15) is 0 Å². The van der Waals surface area contributed by atoms with Crippen LogP contribution in [0, 0.1) is 0 Å². The van der Waals surface area contributed by atoms with Crippen molar-refractivity contribution in [2.75, 3.05) is 21.7 Å². The summed E-state index contributed by atoms with van der Waals surface area (Å²) in [6.45, 7) is 1.43. The minimum Gasteiger partial charge on any atom is -0.416 e. The van der Waals surface area contributed by atoms with Gasteiger partial charge < -0.3 is 20.4 Å². The van der Waals surface area contributed by atoms with Crippen LogP contribution in [-0.2, 0) is 16.0 Å². The monoisotopic (exact) mass is 541 g/mol. The molecule has 0 aliphatic rings. The fourth-order valence-corrected chi connectivity index (χ4v) is 4.32. The molecule has 0 aliphatic carbocycles. The third-order valence-electron chi connectivity index (χ3n) is 4.85. The number of thioether (sulfide) groups is 1. The first-order valence-electron chi connectivity index (χ1n) is 10.8. The molecule has 4 rings (SSSR count). The number of benzene rings is 3. The smallest absolute Gasteiger partial charge is 0.277 e. The number of rotatable bonds is 9. The summed E-state index contributed by atoms with van der Waals surface area (Å²) >= 11 is 13.7. The Balaban J connectivity index is 1.33. The molecule has 0 fully saturated rings. The van der Waals surface area contributed by atoms with E-state index in [1.807, 2.05) is 24.3 Å². The van der Waals surface area contributed by atoms with Crippen LogP contribution in [-0.4, -0.2) is 27.8 Å². The van der Waals surface area contributed by atoms with Crippen LogP contribution in [0.5, 0.6) is 0 Å². The Hall–Kier alpha value is -3.53. The SMILES string of the molecule is CC(=O)Nc1ccc(NC(=O)CSc2nnc(Cc3ccccc3Nc3c(Cl)cccc3Cl)o2)cc1. The predicted octanol–water partition coefficient (Wildman–Crippen LogP) is 6.40. The normalized spacial score (nSPS) is 10.6. The van der Waals surface area contributed by atoms with Gasteiger partial charge in [0.25, 0.3) is 5.22 Å². The molecule has 1 heterocycles. The quantitative estimate of drug-likeness (QED) is 0.210. The zero-order valence-electron chi connectivity index (χ0n) is 19.0. The van der Waals surface area contributed by atoms with Crippen molar-refractivity contribution in [1.29, 1.82) is 0 Å². The topological polar surface area (TPSA) is 109 Å². The van der Waals surface area contributed by atoms with Crippen LogP contribution in [0.25, 0.3) is 0 Å². The number of anilines is 4. The summed E-state index contributed by atoms with van der Waals surface area (Å²) in [5.74, 6) is 0.120. The van der Waals surface area contributed by atoms with Gasteiger partial charge in [0.1, 0.15) is 0 Å². The Kier molecular flexibility index (Phi) is 8.48. The fraction of sp³-hybridized carbons (Fsp3) is 0.120. The Morgan fingerprint density at radius 2 is 1.56 bits per heavy atom. The summed E-state index contributed by atoms with van der Waals surface area (Å²) in [7, 11) is 0. The zero-order valence-corrected chi connectivity index (χ0v) is 21.4. The minimum atomic E-state index is -0.224. The van der Waals surface area contributed by atoms with Crippen molar-refractivity contribution in [2.45, 2.75) is 18.6 Å². The summed E-state index contributed by atoms with van der Waals surface area (Å²) in [5.41, 5.74) is 3.60. The highest BCUT2D eigenvalue weighted by atomic mass is 35.5. The Morgan fingerprint density at radius 3 is 2.25 bits per heavy atom. The maximum absolute atomic E-state index is 12.3. The third kappa shape index (κ3) is 7.00. The average molecular weight is 542 g/mol. The second-order valence-electron chi connectivity index (χ2n) is 7.61. The number of carbonyl (C=O) groups is 2. The summed E-state index contributed by atoms with van der Waals surface area (Å²) in [4.78, 5) is 23.4. The molecular weight excluding hydrogens is 521 g/mol. The number of para-hydroxylation sites is 2. The van der Waals surface area contributed by atoms with Crippen LogP contribution in [0.3, 0.4) is 0 Å². The highest BCUT2D eigenvalue weighted by Crippen LogP contribution is 2.34. The standard InChI is InChI=1S/C25H21Cl2N5O3S/c1-15(33)28-17-9-11-18(12-10-17)29-22(34)14-36-25-32-31-23(35-25)13-16-5-2-3-8-21(16)30-24-19(26)6-4-7-20(24)27/h2-12,30H,13-14H2,1H3,(H,28,33)(H,29,34). The summed E-state index contributed by atoms with van der Waals surface area (Å²) in [5, 5.41) is 18.2. The molecule has 8 nitrogen and oxygen atoms in total. The molecule has 3 N–H and O–H groups in total. The van der Waals surface area contributed by atoms with E-state index in [9.17, 15) is 9.59 Å². The number of aromatic nitrogens is 2. The van der Waals surface area contributed by atoms with Crippen molar-refractivity contribution in [2.24, 2.45) is 0 Å². The lowest BCUT2D eigenvalue weighted by molar-refractivity contribution is -0.114. The first kappa shape index (κ1) is 25.6. The van der Waals surface area contributed by atoms with Crippen molar-refractivity contribution < 1.29 is 14.0 Å². The van der Waals surface area contributed by atoms with Crippen LogP contribution in [0.4, 0.5) is 22.7 Å². The van der Waals surface area contributed by atoms with Crippen molar-refractivity contribution in [1.82, 2.24) is 10.2 Å². The molecule has 0 spiro atoms. The minimum absolute atomic E-state index is 0.0955. The molecule has 0 aliphatic heterocycles. The number of carbonyl (C=O) groups excluding carboxylic acids is 2. The van der Waals surface area contributed by atoms with Crippen molar-refractivity contribution in [3.63, 3.8) is 0 Å². The second kappa shape index (κ2) is 11.9. The molecule has 11 heteroatoms. The predicted molar refractivity (Wildman–Crippen MR) is 143 cm³/mol. The third-order valence-corrected chi connectivity index (χ3v) is 6.29. The van der Waals surface area contributed by atoms with Crippen molar-refractivity contribution >= 4 is 69.5 Å². The molecule has 0 bridgehead atoms. The lowest BCUT2D eigenvalue weighted by atomic mass is 10.1. The van der Waals surface area contributed by atoms with E-state index in [-0.39, 0.29) is 17.6 Å². The van der Waals surface area contributed by atoms with Gasteiger partial charge in [0.15, 0.2) is 0 Å². The van der Waals surface area contributed by atoms with Crippen LogP contribution in [0.1, 0.15) is 18.4 Å². The van der Waals surface area contributed by atoms with Gasteiger partial charge >= 0.3 is 0 Å². The van der Waals surface area contributed by atoms with Gasteiger partial charge in [-0.3, -0.25) is 9.59 Å². The van der Waals surface area contributed by atoms with Gasteiger partial charge in [-0.15, -0.1) is 10.2 Å². The summed E-state index contributed by atoms with van der Waals surface area (Å²) in [6, 6.07) is 19.8. The van der Waals surface area contributed by atoms with E-state index in [4.69, 9.17) is 27.6 Å². The number of hydrogen-bond donors (Lipinski definition) is 3. The van der Waals surface area contributed by atoms with Crippen LogP contribution >= 0.6 is 35.0 Å². The first-order valence-corrected chi connectivity index (χ1v) is 12.5. The van der Waals surface area contributed by atoms with E-state index in [2.05, 4.69) is 26.1 Å². The van der Waals surface area contributed by atoms with E-state index in [1.165, 1.54) is 6.92 Å². The average Bonchev–Trinajstić information content (AvgIpc) is 3.29. The van der Waals surface area contributed by atoms with E-state index >= 15 is 0 Å². The van der Waals surface area contributed by atoms with E-state index in [1.54, 1.807) is 42.5 Å². The van der Waals surface area contributed by atoms with Gasteiger partial charge in [-0.1, -0.05) is 59.2 Å². The highest BCUT2D eigenvalue weighted by molar-refractivity contribution is 7.99. The first-order chi connectivity index (χ1) is 17.4. The largest absolute Gasteiger partial charge is 0.416 e. The lowest BCUT2D eigenvalue weighted by Crippen LogP contribution is -2.14. The molecule has 4 aromatic rings. The van der Waals surface area contributed by atoms with Gasteiger partial charge in [-0.25, -0.2) is 0 Å². The fourth-order valence-electron chi connectivity index (χ4n) is 3.24. The molecule has 3 aromatic carbocycles. The molecule has 0 saturated heterocycles. The molecule has 0 radical (unpaired) electrons. The Morgan fingerprint density at radius 1 is 0.889 bits per heavy atom.